The summed E-state index contributed by atoms with van der Waals surface area (Å²) in [7, 11) is 0. The van der Waals surface area contributed by atoms with Crippen LogP contribution in [-0.4, -0.2) is 0 Å². The van der Waals surface area contributed by atoms with E-state index in [9.17, 15) is 0 Å². The van der Waals surface area contributed by atoms with Crippen LogP contribution >= 0.6 is 0 Å². The lowest BCUT2D eigenvalue weighted by Crippen LogP contribution is -2.10. The van der Waals surface area contributed by atoms with E-state index in [1.165, 1.54) is 5.56 Å². The third kappa shape index (κ3) is 2.58. The van der Waals surface area contributed by atoms with Gasteiger partial charge in [-0.05, 0) is 40.8 Å². The van der Waals surface area contributed by atoms with Crippen molar-refractivity contribution in [1.29, 1.82) is 5.26 Å². The average molecular weight is 325 g/mol. The summed E-state index contributed by atoms with van der Waals surface area (Å²) in [6.07, 6.45) is 0. The molecule has 0 amide bonds. The Morgan fingerprint density at radius 2 is 1.64 bits per heavy atom. The third-order valence-electron chi connectivity index (χ3n) is 4.69. The van der Waals surface area contributed by atoms with E-state index in [2.05, 4.69) is 63.2 Å². The zero-order valence-electron chi connectivity index (χ0n) is 14.6. The molecule has 1 heterocycles. The molecule has 0 spiro atoms. The smallest absolute Gasteiger partial charge is 0.143 e. The Kier molecular flexibility index (Phi) is 3.40. The fourth-order valence-corrected chi connectivity index (χ4v) is 3.22. The topological polar surface area (TPSA) is 36.9 Å². The molecule has 2 nitrogen and oxygen atoms in total. The van der Waals surface area contributed by atoms with Crippen LogP contribution in [0.3, 0.4) is 0 Å². The zero-order valence-corrected chi connectivity index (χ0v) is 14.6. The Hall–Kier alpha value is -3.05. The molecule has 0 saturated carbocycles. The summed E-state index contributed by atoms with van der Waals surface area (Å²) >= 11 is 0. The molecule has 1 aromatic heterocycles. The Balaban J connectivity index is 1.97. The van der Waals surface area contributed by atoms with Crippen molar-refractivity contribution in [2.24, 2.45) is 0 Å². The number of hydrogen-bond donors (Lipinski definition) is 0. The lowest BCUT2D eigenvalue weighted by Gasteiger charge is -2.18. The van der Waals surface area contributed by atoms with Gasteiger partial charge in [0.15, 0.2) is 0 Å². The van der Waals surface area contributed by atoms with Crippen molar-refractivity contribution in [3.05, 3.63) is 71.8 Å². The lowest BCUT2D eigenvalue weighted by atomic mass is 9.86. The van der Waals surface area contributed by atoms with E-state index in [1.54, 1.807) is 0 Å². The van der Waals surface area contributed by atoms with Gasteiger partial charge in [-0.25, -0.2) is 0 Å². The van der Waals surface area contributed by atoms with Gasteiger partial charge < -0.3 is 4.42 Å². The predicted molar refractivity (Wildman–Crippen MR) is 103 cm³/mol. The molecule has 0 atom stereocenters. The minimum atomic E-state index is 0.0997. The summed E-state index contributed by atoms with van der Waals surface area (Å²) in [5.74, 6) is 0. The lowest BCUT2D eigenvalue weighted by molar-refractivity contribution is 0.590. The number of furan rings is 1. The standard InChI is InChI=1S/C23H19NO/c1-23(2,3)17-11-12-21-20(13-17)19-6-4-5-18(22(19)25-21)16-9-7-15(14-24)8-10-16/h4-13H,1-3H3. The van der Waals surface area contributed by atoms with Gasteiger partial charge in [0.2, 0.25) is 0 Å². The number of hydrogen-bond acceptors (Lipinski definition) is 2. The van der Waals surface area contributed by atoms with E-state index in [0.717, 1.165) is 33.1 Å². The number of benzene rings is 3. The first kappa shape index (κ1) is 15.5. The van der Waals surface area contributed by atoms with Crippen LogP contribution in [-0.2, 0) is 5.41 Å². The van der Waals surface area contributed by atoms with Crippen LogP contribution in [0.2, 0.25) is 0 Å². The first-order valence-corrected chi connectivity index (χ1v) is 8.44. The highest BCUT2D eigenvalue weighted by Crippen LogP contribution is 2.37. The molecule has 2 heteroatoms. The van der Waals surface area contributed by atoms with Gasteiger partial charge in [0.25, 0.3) is 0 Å². The fraction of sp³-hybridized carbons (Fsp3) is 0.174. The molecule has 0 aliphatic heterocycles. The van der Waals surface area contributed by atoms with E-state index in [-0.39, 0.29) is 5.41 Å². The summed E-state index contributed by atoms with van der Waals surface area (Å²) in [4.78, 5) is 0. The molecule has 0 bridgehead atoms. The second-order valence-corrected chi connectivity index (χ2v) is 7.43. The molecule has 0 saturated heterocycles. The molecule has 0 aliphatic rings. The molecule has 0 N–H and O–H groups in total. The zero-order chi connectivity index (χ0) is 17.6. The maximum Gasteiger partial charge on any atom is 0.143 e. The number of nitrogens with zero attached hydrogens (tertiary/aromatic N) is 1. The quantitative estimate of drug-likeness (QED) is 0.405. The monoisotopic (exact) mass is 325 g/mol. The highest BCUT2D eigenvalue weighted by molar-refractivity contribution is 6.09. The van der Waals surface area contributed by atoms with Crippen LogP contribution in [0.5, 0.6) is 0 Å². The minimum Gasteiger partial charge on any atom is -0.455 e. The molecule has 4 rings (SSSR count). The molecule has 0 radical (unpaired) electrons. The molecular formula is C23H19NO. The van der Waals surface area contributed by atoms with Crippen molar-refractivity contribution >= 4 is 21.9 Å². The number of rotatable bonds is 1. The average Bonchev–Trinajstić information content (AvgIpc) is 2.99. The van der Waals surface area contributed by atoms with Crippen molar-refractivity contribution in [2.75, 3.05) is 0 Å². The van der Waals surface area contributed by atoms with Crippen LogP contribution in [0.15, 0.2) is 65.1 Å². The second-order valence-electron chi connectivity index (χ2n) is 7.43. The first-order valence-electron chi connectivity index (χ1n) is 8.44. The Morgan fingerprint density at radius 3 is 2.32 bits per heavy atom. The van der Waals surface area contributed by atoms with Crippen LogP contribution < -0.4 is 0 Å². The number of para-hydroxylation sites is 1. The Labute approximate surface area is 147 Å². The summed E-state index contributed by atoms with van der Waals surface area (Å²) in [5.41, 5.74) is 5.97. The fourth-order valence-electron chi connectivity index (χ4n) is 3.22. The molecular weight excluding hydrogens is 306 g/mol. The van der Waals surface area contributed by atoms with E-state index in [1.807, 2.05) is 24.3 Å². The molecule has 25 heavy (non-hydrogen) atoms. The SMILES string of the molecule is CC(C)(C)c1ccc2oc3c(-c4ccc(C#N)cc4)cccc3c2c1. The molecule has 122 valence electrons. The van der Waals surface area contributed by atoms with Crippen LogP contribution in [0.4, 0.5) is 0 Å². The highest BCUT2D eigenvalue weighted by Gasteiger charge is 2.17. The Bertz CT molecular complexity index is 1120. The maximum atomic E-state index is 8.99. The van der Waals surface area contributed by atoms with E-state index >= 15 is 0 Å². The van der Waals surface area contributed by atoms with Gasteiger partial charge in [-0.2, -0.15) is 5.26 Å². The van der Waals surface area contributed by atoms with Gasteiger partial charge in [0, 0.05) is 16.3 Å². The second kappa shape index (κ2) is 5.50. The van der Waals surface area contributed by atoms with Crippen molar-refractivity contribution in [2.45, 2.75) is 26.2 Å². The van der Waals surface area contributed by atoms with Crippen LogP contribution in [0, 0.1) is 11.3 Å². The van der Waals surface area contributed by atoms with Crippen molar-refractivity contribution in [1.82, 2.24) is 0 Å². The number of nitriles is 1. The van der Waals surface area contributed by atoms with Crippen molar-refractivity contribution in [3.63, 3.8) is 0 Å². The van der Waals surface area contributed by atoms with Crippen LogP contribution in [0.25, 0.3) is 33.1 Å². The maximum absolute atomic E-state index is 8.99. The van der Waals surface area contributed by atoms with Crippen molar-refractivity contribution < 1.29 is 4.42 Å². The van der Waals surface area contributed by atoms with E-state index in [0.29, 0.717) is 5.56 Å². The largest absolute Gasteiger partial charge is 0.455 e. The van der Waals surface area contributed by atoms with E-state index < -0.39 is 0 Å². The summed E-state index contributed by atoms with van der Waals surface area (Å²) in [6.45, 7) is 6.66. The molecule has 0 aliphatic carbocycles. The summed E-state index contributed by atoms with van der Waals surface area (Å²) < 4.78 is 6.20. The summed E-state index contributed by atoms with van der Waals surface area (Å²) in [6, 6.07) is 22.5. The molecule has 0 unspecified atom stereocenters. The van der Waals surface area contributed by atoms with E-state index in [4.69, 9.17) is 9.68 Å². The Morgan fingerprint density at radius 1 is 0.880 bits per heavy atom. The summed E-state index contributed by atoms with van der Waals surface area (Å²) in [5, 5.41) is 11.3. The number of fused-ring (bicyclic) bond motifs is 3. The van der Waals surface area contributed by atoms with Gasteiger partial charge in [-0.1, -0.05) is 57.2 Å². The highest BCUT2D eigenvalue weighted by atomic mass is 16.3. The van der Waals surface area contributed by atoms with Gasteiger partial charge in [0.1, 0.15) is 11.2 Å². The molecule has 0 fully saturated rings. The predicted octanol–water partition coefficient (Wildman–Crippen LogP) is 6.42. The van der Waals surface area contributed by atoms with Gasteiger partial charge in [0.05, 0.1) is 11.6 Å². The first-order chi connectivity index (χ1) is 12.0. The van der Waals surface area contributed by atoms with Crippen molar-refractivity contribution in [3.8, 4) is 17.2 Å². The molecule has 3 aromatic carbocycles. The minimum absolute atomic E-state index is 0.0997. The third-order valence-corrected chi connectivity index (χ3v) is 4.69. The molecule has 4 aromatic rings. The van der Waals surface area contributed by atoms with Crippen LogP contribution in [0.1, 0.15) is 31.9 Å². The van der Waals surface area contributed by atoms with Gasteiger partial charge in [-0.3, -0.25) is 0 Å². The van der Waals surface area contributed by atoms with Gasteiger partial charge in [-0.15, -0.1) is 0 Å². The van der Waals surface area contributed by atoms with Gasteiger partial charge >= 0.3 is 0 Å². The normalized spacial score (nSPS) is 11.8.